The molecule has 1 N–H and O–H groups in total. The first-order chi connectivity index (χ1) is 13.7. The Morgan fingerprint density at radius 1 is 1.11 bits per heavy atom. The van der Waals surface area contributed by atoms with Crippen LogP contribution in [0.4, 0.5) is 5.82 Å². The molecular formula is C21H16ClN5S. The standard InChI is InChI=1S/C21H16ClN5S/c1-13-4-2-5-14(10-13)19-21-24-20(23-12-16-6-3-9-28-16)17-11-15(22)7-8-18(17)27(21)26-25-19/h2-11H,12H2,1H3,(H,23,24). The van der Waals surface area contributed by atoms with Gasteiger partial charge in [0.15, 0.2) is 5.65 Å². The lowest BCUT2D eigenvalue weighted by molar-refractivity contribution is 0.876. The van der Waals surface area contributed by atoms with Crippen molar-refractivity contribution in [2.75, 3.05) is 5.32 Å². The Kier molecular flexibility index (Phi) is 4.22. The Bertz CT molecular complexity index is 1290. The fourth-order valence-corrected chi connectivity index (χ4v) is 4.10. The minimum atomic E-state index is 0.659. The Morgan fingerprint density at radius 2 is 2.04 bits per heavy atom. The number of nitrogens with zero attached hydrogens (tertiary/aromatic N) is 4. The van der Waals surface area contributed by atoms with Crippen LogP contribution in [0.2, 0.25) is 5.02 Å². The van der Waals surface area contributed by atoms with Crippen molar-refractivity contribution in [1.82, 2.24) is 19.8 Å². The highest BCUT2D eigenvalue weighted by molar-refractivity contribution is 7.09. The number of anilines is 1. The van der Waals surface area contributed by atoms with Gasteiger partial charge in [-0.25, -0.2) is 4.98 Å². The molecule has 5 rings (SSSR count). The minimum Gasteiger partial charge on any atom is -0.365 e. The van der Waals surface area contributed by atoms with Gasteiger partial charge in [-0.3, -0.25) is 0 Å². The monoisotopic (exact) mass is 405 g/mol. The van der Waals surface area contributed by atoms with Crippen molar-refractivity contribution < 1.29 is 0 Å². The number of fused-ring (bicyclic) bond motifs is 3. The summed E-state index contributed by atoms with van der Waals surface area (Å²) in [6.45, 7) is 2.76. The predicted octanol–water partition coefficient (Wildman–Crippen LogP) is 5.58. The van der Waals surface area contributed by atoms with Crippen LogP contribution < -0.4 is 5.32 Å². The van der Waals surface area contributed by atoms with E-state index in [1.54, 1.807) is 15.9 Å². The number of hydrogen-bond donors (Lipinski definition) is 1. The first-order valence-electron chi connectivity index (χ1n) is 8.87. The summed E-state index contributed by atoms with van der Waals surface area (Å²) in [5.41, 5.74) is 4.56. The molecule has 0 aliphatic heterocycles. The van der Waals surface area contributed by atoms with Crippen molar-refractivity contribution in [1.29, 1.82) is 0 Å². The van der Waals surface area contributed by atoms with Crippen LogP contribution >= 0.6 is 22.9 Å². The van der Waals surface area contributed by atoms with Crippen LogP contribution in [-0.2, 0) is 6.54 Å². The van der Waals surface area contributed by atoms with E-state index in [4.69, 9.17) is 16.6 Å². The topological polar surface area (TPSA) is 55.1 Å². The number of benzene rings is 2. The molecule has 0 aliphatic rings. The molecule has 0 saturated carbocycles. The van der Waals surface area contributed by atoms with Gasteiger partial charge < -0.3 is 5.32 Å². The molecule has 0 aliphatic carbocycles. The third-order valence-electron chi connectivity index (χ3n) is 4.61. The number of aryl methyl sites for hydroxylation is 1. The quantitative estimate of drug-likeness (QED) is 0.424. The van der Waals surface area contributed by atoms with Gasteiger partial charge in [0.1, 0.15) is 11.5 Å². The summed E-state index contributed by atoms with van der Waals surface area (Å²) in [5, 5.41) is 15.9. The molecule has 0 amide bonds. The van der Waals surface area contributed by atoms with Crippen molar-refractivity contribution in [2.24, 2.45) is 0 Å². The minimum absolute atomic E-state index is 0.659. The maximum absolute atomic E-state index is 6.26. The van der Waals surface area contributed by atoms with Crippen molar-refractivity contribution in [3.8, 4) is 11.3 Å². The number of rotatable bonds is 4. The first-order valence-corrected chi connectivity index (χ1v) is 10.1. The average Bonchev–Trinajstić information content (AvgIpc) is 3.35. The van der Waals surface area contributed by atoms with Gasteiger partial charge in [-0.2, -0.15) is 4.52 Å². The molecular weight excluding hydrogens is 390 g/mol. The SMILES string of the molecule is Cc1cccc(-c2nnn3c2nc(NCc2cccs2)c2cc(Cl)ccc23)c1. The molecule has 5 nitrogen and oxygen atoms in total. The summed E-state index contributed by atoms with van der Waals surface area (Å²) in [6, 6.07) is 18.1. The van der Waals surface area contributed by atoms with E-state index in [0.717, 1.165) is 28.0 Å². The van der Waals surface area contributed by atoms with Gasteiger partial charge in [0.05, 0.1) is 12.1 Å². The van der Waals surface area contributed by atoms with E-state index in [1.807, 2.05) is 36.4 Å². The summed E-state index contributed by atoms with van der Waals surface area (Å²) in [4.78, 5) is 6.12. The molecule has 28 heavy (non-hydrogen) atoms. The Morgan fingerprint density at radius 3 is 2.86 bits per heavy atom. The molecule has 0 fully saturated rings. The van der Waals surface area contributed by atoms with E-state index in [0.29, 0.717) is 17.2 Å². The molecule has 2 aromatic carbocycles. The van der Waals surface area contributed by atoms with E-state index in [-0.39, 0.29) is 0 Å². The average molecular weight is 406 g/mol. The number of aromatic nitrogens is 4. The summed E-state index contributed by atoms with van der Waals surface area (Å²) in [5.74, 6) is 0.773. The molecule has 0 saturated heterocycles. The molecule has 7 heteroatoms. The normalized spacial score (nSPS) is 11.4. The van der Waals surface area contributed by atoms with E-state index >= 15 is 0 Å². The van der Waals surface area contributed by atoms with Crippen molar-refractivity contribution in [3.63, 3.8) is 0 Å². The van der Waals surface area contributed by atoms with E-state index in [9.17, 15) is 0 Å². The van der Waals surface area contributed by atoms with E-state index in [2.05, 4.69) is 46.1 Å². The van der Waals surface area contributed by atoms with Crippen LogP contribution in [0.25, 0.3) is 27.8 Å². The zero-order chi connectivity index (χ0) is 19.1. The van der Waals surface area contributed by atoms with Crippen LogP contribution in [0.3, 0.4) is 0 Å². The zero-order valence-electron chi connectivity index (χ0n) is 15.1. The molecule has 3 aromatic heterocycles. The number of halogens is 1. The molecule has 0 bridgehead atoms. The lowest BCUT2D eigenvalue weighted by Gasteiger charge is -2.10. The fraction of sp³-hybridized carbons (Fsp3) is 0.0952. The maximum atomic E-state index is 6.26. The van der Waals surface area contributed by atoms with Crippen LogP contribution in [0.1, 0.15) is 10.4 Å². The summed E-state index contributed by atoms with van der Waals surface area (Å²) in [7, 11) is 0. The third kappa shape index (κ3) is 3.00. The molecule has 0 radical (unpaired) electrons. The highest BCUT2D eigenvalue weighted by Gasteiger charge is 2.16. The Hall–Kier alpha value is -2.96. The zero-order valence-corrected chi connectivity index (χ0v) is 16.6. The van der Waals surface area contributed by atoms with Crippen LogP contribution in [0.5, 0.6) is 0 Å². The predicted molar refractivity (Wildman–Crippen MR) is 115 cm³/mol. The summed E-state index contributed by atoms with van der Waals surface area (Å²) in [6.07, 6.45) is 0. The van der Waals surface area contributed by atoms with Crippen LogP contribution in [0.15, 0.2) is 60.0 Å². The highest BCUT2D eigenvalue weighted by atomic mass is 35.5. The molecule has 5 aromatic rings. The molecule has 3 heterocycles. The smallest absolute Gasteiger partial charge is 0.186 e. The number of hydrogen-bond acceptors (Lipinski definition) is 5. The summed E-state index contributed by atoms with van der Waals surface area (Å²) < 4.78 is 1.78. The fourth-order valence-electron chi connectivity index (χ4n) is 3.29. The van der Waals surface area contributed by atoms with Crippen molar-refractivity contribution >= 4 is 45.3 Å². The van der Waals surface area contributed by atoms with Crippen molar-refractivity contribution in [3.05, 3.63) is 75.4 Å². The highest BCUT2D eigenvalue weighted by Crippen LogP contribution is 2.30. The molecule has 0 atom stereocenters. The van der Waals surface area contributed by atoms with Gasteiger partial charge >= 0.3 is 0 Å². The molecule has 0 unspecified atom stereocenters. The van der Waals surface area contributed by atoms with Crippen molar-refractivity contribution in [2.45, 2.75) is 13.5 Å². The third-order valence-corrected chi connectivity index (χ3v) is 5.72. The first kappa shape index (κ1) is 17.2. The number of thiophene rings is 1. The largest absolute Gasteiger partial charge is 0.365 e. The van der Waals surface area contributed by atoms with Gasteiger partial charge in [0, 0.05) is 20.8 Å². The van der Waals surface area contributed by atoms with Crippen LogP contribution in [0, 0.1) is 6.92 Å². The second-order valence-corrected chi connectivity index (χ2v) is 8.07. The van der Waals surface area contributed by atoms with Crippen LogP contribution in [-0.4, -0.2) is 19.8 Å². The molecule has 138 valence electrons. The molecule has 0 spiro atoms. The maximum Gasteiger partial charge on any atom is 0.186 e. The number of nitrogens with one attached hydrogen (secondary N) is 1. The van der Waals surface area contributed by atoms with Gasteiger partial charge in [-0.1, -0.05) is 46.6 Å². The van der Waals surface area contributed by atoms with E-state index < -0.39 is 0 Å². The van der Waals surface area contributed by atoms with E-state index in [1.165, 1.54) is 10.4 Å². The Balaban J connectivity index is 1.71. The van der Waals surface area contributed by atoms with Gasteiger partial charge in [-0.05, 0) is 42.6 Å². The van der Waals surface area contributed by atoms with Gasteiger partial charge in [0.2, 0.25) is 0 Å². The van der Waals surface area contributed by atoms with Gasteiger partial charge in [-0.15, -0.1) is 16.4 Å². The second-order valence-electron chi connectivity index (χ2n) is 6.60. The summed E-state index contributed by atoms with van der Waals surface area (Å²) >= 11 is 7.97. The lowest BCUT2D eigenvalue weighted by Crippen LogP contribution is -2.04. The van der Waals surface area contributed by atoms with Gasteiger partial charge in [0.25, 0.3) is 0 Å². The lowest BCUT2D eigenvalue weighted by atomic mass is 10.1. The second kappa shape index (κ2) is 6.89. The Labute approximate surface area is 170 Å².